The quantitative estimate of drug-likeness (QED) is 0.610. The first-order valence-corrected chi connectivity index (χ1v) is 10.8. The van der Waals surface area contributed by atoms with Crippen LogP contribution in [-0.4, -0.2) is 47.7 Å². The lowest BCUT2D eigenvalue weighted by molar-refractivity contribution is -0.130. The molecule has 1 fully saturated rings. The van der Waals surface area contributed by atoms with E-state index in [1.807, 2.05) is 30.1 Å². The monoisotopic (exact) mass is 382 g/mol. The summed E-state index contributed by atoms with van der Waals surface area (Å²) in [6.45, 7) is 3.08. The van der Waals surface area contributed by atoms with E-state index < -0.39 is 0 Å². The van der Waals surface area contributed by atoms with Crippen molar-refractivity contribution in [1.82, 2.24) is 20.4 Å². The molecule has 2 heterocycles. The van der Waals surface area contributed by atoms with Crippen LogP contribution in [0.2, 0.25) is 0 Å². The van der Waals surface area contributed by atoms with Crippen LogP contribution < -0.4 is 5.32 Å². The Hall–Kier alpha value is -2.14. The van der Waals surface area contributed by atoms with Gasteiger partial charge in [0.2, 0.25) is 5.91 Å². The van der Waals surface area contributed by atoms with Crippen molar-refractivity contribution in [2.75, 3.05) is 26.7 Å². The van der Waals surface area contributed by atoms with Crippen molar-refractivity contribution >= 4 is 5.91 Å². The number of hydrogen-bond donors (Lipinski definition) is 2. The molecule has 0 bridgehead atoms. The lowest BCUT2D eigenvalue weighted by Crippen LogP contribution is -2.30. The molecular formula is C23H34N4O. The second-order valence-corrected chi connectivity index (χ2v) is 8.00. The number of hydrogen-bond acceptors (Lipinski definition) is 3. The molecule has 1 aromatic carbocycles. The minimum Gasteiger partial charge on any atom is -0.346 e. The number of aromatic nitrogens is 2. The molecule has 2 aromatic rings. The zero-order chi connectivity index (χ0) is 19.6. The molecule has 0 spiro atoms. The third kappa shape index (κ3) is 6.48. The smallest absolute Gasteiger partial charge is 0.222 e. The summed E-state index contributed by atoms with van der Waals surface area (Å²) >= 11 is 0. The second-order valence-electron chi connectivity index (χ2n) is 8.00. The van der Waals surface area contributed by atoms with Crippen molar-refractivity contribution < 1.29 is 4.79 Å². The van der Waals surface area contributed by atoms with E-state index in [1.54, 1.807) is 0 Å². The van der Waals surface area contributed by atoms with E-state index in [2.05, 4.69) is 33.7 Å². The largest absolute Gasteiger partial charge is 0.346 e. The summed E-state index contributed by atoms with van der Waals surface area (Å²) in [5.74, 6) is 1.04. The summed E-state index contributed by atoms with van der Waals surface area (Å²) in [6, 6.07) is 12.4. The summed E-state index contributed by atoms with van der Waals surface area (Å²) < 4.78 is 0. The lowest BCUT2D eigenvalue weighted by atomic mass is 9.93. The van der Waals surface area contributed by atoms with E-state index in [1.165, 1.54) is 18.5 Å². The van der Waals surface area contributed by atoms with Gasteiger partial charge in [0.15, 0.2) is 0 Å². The summed E-state index contributed by atoms with van der Waals surface area (Å²) in [4.78, 5) is 14.2. The highest BCUT2D eigenvalue weighted by atomic mass is 16.2. The van der Waals surface area contributed by atoms with Crippen LogP contribution in [0.1, 0.15) is 50.6 Å². The first-order valence-electron chi connectivity index (χ1n) is 10.8. The zero-order valence-electron chi connectivity index (χ0n) is 17.1. The number of aryl methyl sites for hydroxylation is 1. The van der Waals surface area contributed by atoms with Crippen LogP contribution in [0.4, 0.5) is 0 Å². The summed E-state index contributed by atoms with van der Waals surface area (Å²) in [6.07, 6.45) is 8.51. The van der Waals surface area contributed by atoms with Crippen LogP contribution in [0.25, 0.3) is 11.3 Å². The average molecular weight is 383 g/mol. The number of carbonyl (C=O) groups excluding carboxylic acids is 1. The standard InChI is InChI=1S/C23H34N4O/c1-27(23(28)12-11-19-13-15-24-16-14-19)17-7-3-6-10-21-18-22(26-25-21)20-8-4-2-5-9-20/h2,4-5,8-9,18-19,24H,3,6-7,10-17H2,1H3,(H,25,26). The van der Waals surface area contributed by atoms with E-state index in [9.17, 15) is 4.79 Å². The van der Waals surface area contributed by atoms with Crippen molar-refractivity contribution in [3.05, 3.63) is 42.1 Å². The number of unbranched alkanes of at least 4 members (excludes halogenated alkanes) is 2. The lowest BCUT2D eigenvalue weighted by Gasteiger charge is -2.23. The van der Waals surface area contributed by atoms with Crippen LogP contribution in [0.5, 0.6) is 0 Å². The van der Waals surface area contributed by atoms with Crippen molar-refractivity contribution in [3.63, 3.8) is 0 Å². The van der Waals surface area contributed by atoms with Gasteiger partial charge in [0.25, 0.3) is 0 Å². The predicted octanol–water partition coefficient (Wildman–Crippen LogP) is 4.03. The second kappa shape index (κ2) is 11.0. The molecule has 28 heavy (non-hydrogen) atoms. The van der Waals surface area contributed by atoms with E-state index in [4.69, 9.17) is 0 Å². The van der Waals surface area contributed by atoms with Crippen molar-refractivity contribution in [2.45, 2.75) is 51.4 Å². The van der Waals surface area contributed by atoms with Crippen LogP contribution in [-0.2, 0) is 11.2 Å². The van der Waals surface area contributed by atoms with Gasteiger partial charge in [-0.2, -0.15) is 5.10 Å². The number of nitrogens with one attached hydrogen (secondary N) is 2. The first kappa shape index (κ1) is 20.6. The van der Waals surface area contributed by atoms with Crippen molar-refractivity contribution in [3.8, 4) is 11.3 Å². The molecule has 1 aliphatic heterocycles. The number of amides is 1. The molecule has 1 saturated heterocycles. The van der Waals surface area contributed by atoms with E-state index in [-0.39, 0.29) is 0 Å². The third-order valence-corrected chi connectivity index (χ3v) is 5.79. The number of aromatic amines is 1. The molecule has 5 nitrogen and oxygen atoms in total. The van der Waals surface area contributed by atoms with Crippen molar-refractivity contribution in [2.24, 2.45) is 5.92 Å². The predicted molar refractivity (Wildman–Crippen MR) is 114 cm³/mol. The SMILES string of the molecule is CN(CCCCCc1cc(-c2ccccc2)n[nH]1)C(=O)CCC1CCNCC1. The highest BCUT2D eigenvalue weighted by Gasteiger charge is 2.16. The molecule has 2 N–H and O–H groups in total. The fourth-order valence-corrected chi connectivity index (χ4v) is 3.90. The Kier molecular flexibility index (Phi) is 8.09. The Bertz CT molecular complexity index is 706. The molecule has 152 valence electrons. The molecule has 0 atom stereocenters. The van der Waals surface area contributed by atoms with Gasteiger partial charge in [0, 0.05) is 31.3 Å². The van der Waals surface area contributed by atoms with Gasteiger partial charge in [-0.3, -0.25) is 9.89 Å². The van der Waals surface area contributed by atoms with E-state index in [0.717, 1.165) is 68.9 Å². The maximum Gasteiger partial charge on any atom is 0.222 e. The van der Waals surface area contributed by atoms with E-state index in [0.29, 0.717) is 12.3 Å². The molecule has 1 aliphatic rings. The molecule has 1 amide bonds. The fourth-order valence-electron chi connectivity index (χ4n) is 3.90. The molecule has 0 saturated carbocycles. The van der Waals surface area contributed by atoms with Gasteiger partial charge in [-0.1, -0.05) is 36.8 Å². The van der Waals surface area contributed by atoms with Gasteiger partial charge >= 0.3 is 0 Å². The summed E-state index contributed by atoms with van der Waals surface area (Å²) in [5.41, 5.74) is 3.34. The average Bonchev–Trinajstić information content (AvgIpc) is 3.22. The maximum atomic E-state index is 12.3. The molecule has 0 aliphatic carbocycles. The van der Waals surface area contributed by atoms with Gasteiger partial charge in [-0.15, -0.1) is 0 Å². The van der Waals surface area contributed by atoms with Gasteiger partial charge in [-0.05, 0) is 63.6 Å². The highest BCUT2D eigenvalue weighted by Crippen LogP contribution is 2.19. The minimum atomic E-state index is 0.305. The van der Waals surface area contributed by atoms with Gasteiger partial charge < -0.3 is 10.2 Å². The molecular weight excluding hydrogens is 348 g/mol. The molecule has 0 radical (unpaired) electrons. The topological polar surface area (TPSA) is 61.0 Å². The Labute approximate surface area is 168 Å². The Morgan fingerprint density at radius 2 is 1.93 bits per heavy atom. The molecule has 5 heteroatoms. The third-order valence-electron chi connectivity index (χ3n) is 5.79. The van der Waals surface area contributed by atoms with Crippen molar-refractivity contribution in [1.29, 1.82) is 0 Å². The number of nitrogens with zero attached hydrogens (tertiary/aromatic N) is 2. The Morgan fingerprint density at radius 3 is 2.71 bits per heavy atom. The number of piperidine rings is 1. The summed E-state index contributed by atoms with van der Waals surface area (Å²) in [7, 11) is 1.95. The van der Waals surface area contributed by atoms with Crippen LogP contribution in [0.3, 0.4) is 0 Å². The maximum absolute atomic E-state index is 12.3. The Balaban J connectivity index is 1.28. The molecule has 1 aromatic heterocycles. The van der Waals surface area contributed by atoms with Crippen LogP contribution >= 0.6 is 0 Å². The molecule has 0 unspecified atom stereocenters. The minimum absolute atomic E-state index is 0.305. The number of H-pyrrole nitrogens is 1. The normalized spacial score (nSPS) is 14.9. The van der Waals surface area contributed by atoms with Gasteiger partial charge in [-0.25, -0.2) is 0 Å². The van der Waals surface area contributed by atoms with E-state index >= 15 is 0 Å². The number of rotatable bonds is 10. The fraction of sp³-hybridized carbons (Fsp3) is 0.565. The number of benzene rings is 1. The zero-order valence-corrected chi connectivity index (χ0v) is 17.1. The Morgan fingerprint density at radius 1 is 1.14 bits per heavy atom. The number of carbonyl (C=O) groups is 1. The highest BCUT2D eigenvalue weighted by molar-refractivity contribution is 5.75. The molecule has 3 rings (SSSR count). The van der Waals surface area contributed by atoms with Crippen LogP contribution in [0.15, 0.2) is 36.4 Å². The van der Waals surface area contributed by atoms with Gasteiger partial charge in [0.1, 0.15) is 0 Å². The first-order chi connectivity index (χ1) is 13.7. The van der Waals surface area contributed by atoms with Crippen LogP contribution in [0, 0.1) is 5.92 Å². The van der Waals surface area contributed by atoms with Gasteiger partial charge in [0.05, 0.1) is 5.69 Å². The summed E-state index contributed by atoms with van der Waals surface area (Å²) in [5, 5.41) is 10.9.